The lowest BCUT2D eigenvalue weighted by molar-refractivity contribution is 0.543. The second-order valence-corrected chi connectivity index (χ2v) is 6.83. The molecule has 26 heavy (non-hydrogen) atoms. The van der Waals surface area contributed by atoms with Crippen molar-refractivity contribution in [3.8, 4) is 11.4 Å². The number of aromatic amines is 1. The first kappa shape index (κ1) is 18.3. The summed E-state index contributed by atoms with van der Waals surface area (Å²) in [4.78, 5) is 18.5. The van der Waals surface area contributed by atoms with E-state index in [1.54, 1.807) is 17.8 Å². The van der Waals surface area contributed by atoms with Crippen molar-refractivity contribution in [3.63, 3.8) is 0 Å². The molecule has 0 radical (unpaired) electrons. The van der Waals surface area contributed by atoms with E-state index in [4.69, 9.17) is 11.6 Å². The minimum absolute atomic E-state index is 0.0629. The molecule has 6 nitrogen and oxygen atoms in total. The number of halogens is 1. The van der Waals surface area contributed by atoms with Gasteiger partial charge in [-0.15, -0.1) is 16.7 Å². The van der Waals surface area contributed by atoms with Crippen LogP contribution in [0, 0.1) is 12.8 Å². The Kier molecular flexibility index (Phi) is 5.52. The van der Waals surface area contributed by atoms with E-state index in [2.05, 4.69) is 39.0 Å². The average Bonchev–Trinajstić information content (AvgIpc) is 3.32. The third kappa shape index (κ3) is 4.38. The zero-order valence-corrected chi connectivity index (χ0v) is 15.7. The molecule has 0 aromatic carbocycles. The number of hydrogen-bond acceptors (Lipinski definition) is 4. The number of nitrogens with one attached hydrogen (secondary N) is 1. The lowest BCUT2D eigenvalue weighted by atomic mass is 10.1. The van der Waals surface area contributed by atoms with Gasteiger partial charge in [-0.05, 0) is 43.8 Å². The molecule has 2 aromatic heterocycles. The number of hydrogen-bond donors (Lipinski definition) is 1. The van der Waals surface area contributed by atoms with Gasteiger partial charge in [0, 0.05) is 11.9 Å². The van der Waals surface area contributed by atoms with Gasteiger partial charge in [-0.1, -0.05) is 30.0 Å². The molecule has 136 valence electrons. The van der Waals surface area contributed by atoms with Crippen LogP contribution in [0.4, 0.5) is 0 Å². The van der Waals surface area contributed by atoms with Crippen molar-refractivity contribution in [2.45, 2.75) is 32.7 Å². The monoisotopic (exact) mass is 371 g/mol. The molecule has 1 atom stereocenters. The summed E-state index contributed by atoms with van der Waals surface area (Å²) in [5.74, 6) is 1.70. The molecule has 2 aromatic rings. The van der Waals surface area contributed by atoms with Crippen LogP contribution >= 0.6 is 11.6 Å². The molecular formula is C19H22ClN5O. The maximum Gasteiger partial charge on any atom is 0.251 e. The third-order valence-corrected chi connectivity index (χ3v) is 4.57. The van der Waals surface area contributed by atoms with E-state index >= 15 is 0 Å². The quantitative estimate of drug-likeness (QED) is 0.596. The Morgan fingerprint density at radius 2 is 2.23 bits per heavy atom. The Bertz CT molecular complexity index is 920. The van der Waals surface area contributed by atoms with Gasteiger partial charge in [-0.3, -0.25) is 4.79 Å². The predicted octanol–water partition coefficient (Wildman–Crippen LogP) is 3.59. The van der Waals surface area contributed by atoms with Gasteiger partial charge in [0.15, 0.2) is 0 Å². The summed E-state index contributed by atoms with van der Waals surface area (Å²) in [7, 11) is 0. The van der Waals surface area contributed by atoms with Crippen molar-refractivity contribution in [2.24, 2.45) is 5.92 Å². The standard InChI is InChI=1S/C19H22ClN5O/c1-12(4-5-16(8-9-20)15-6-7-15)13(2)25-11-18(23-24-25)17-10-19(26)22-14(3)21-17/h4-5,8,10-11,13,15H,1,6-7,9H2,2-3H3,(H,21,22,26)/b5-4-,16-8+. The minimum atomic E-state index is -0.207. The number of nitrogens with zero attached hydrogens (tertiary/aromatic N) is 4. The Balaban J connectivity index is 1.74. The van der Waals surface area contributed by atoms with Crippen LogP contribution in [0.3, 0.4) is 0 Å². The Morgan fingerprint density at radius 1 is 1.46 bits per heavy atom. The number of aryl methyl sites for hydroxylation is 1. The summed E-state index contributed by atoms with van der Waals surface area (Å²) < 4.78 is 1.72. The van der Waals surface area contributed by atoms with Crippen LogP contribution in [0.2, 0.25) is 0 Å². The second-order valence-electron chi connectivity index (χ2n) is 6.52. The summed E-state index contributed by atoms with van der Waals surface area (Å²) in [6, 6.07) is 1.35. The molecule has 0 spiro atoms. The van der Waals surface area contributed by atoms with Crippen LogP contribution in [-0.4, -0.2) is 30.8 Å². The van der Waals surface area contributed by atoms with E-state index in [9.17, 15) is 4.79 Å². The molecule has 1 saturated carbocycles. The van der Waals surface area contributed by atoms with E-state index < -0.39 is 0 Å². The van der Waals surface area contributed by atoms with Gasteiger partial charge in [-0.25, -0.2) is 9.67 Å². The summed E-state index contributed by atoms with van der Waals surface area (Å²) in [5.41, 5.74) is 3.05. The van der Waals surface area contributed by atoms with Gasteiger partial charge in [0.25, 0.3) is 5.56 Å². The van der Waals surface area contributed by atoms with Crippen LogP contribution in [-0.2, 0) is 0 Å². The molecule has 1 aliphatic rings. The van der Waals surface area contributed by atoms with E-state index in [0.717, 1.165) is 5.57 Å². The van der Waals surface area contributed by atoms with Crippen LogP contribution in [0.1, 0.15) is 31.6 Å². The normalized spacial score (nSPS) is 16.2. The molecule has 0 bridgehead atoms. The first-order chi connectivity index (χ1) is 12.5. The van der Waals surface area contributed by atoms with Crippen molar-refractivity contribution in [1.82, 2.24) is 25.0 Å². The summed E-state index contributed by atoms with van der Waals surface area (Å²) in [6.07, 6.45) is 10.4. The topological polar surface area (TPSA) is 76.5 Å². The van der Waals surface area contributed by atoms with Gasteiger partial charge in [0.1, 0.15) is 11.5 Å². The molecule has 7 heteroatoms. The van der Waals surface area contributed by atoms with Crippen molar-refractivity contribution < 1.29 is 0 Å². The van der Waals surface area contributed by atoms with Gasteiger partial charge >= 0.3 is 0 Å². The molecule has 1 N–H and O–H groups in total. The molecule has 1 unspecified atom stereocenters. The highest BCUT2D eigenvalue weighted by atomic mass is 35.5. The first-order valence-electron chi connectivity index (χ1n) is 8.61. The fourth-order valence-corrected chi connectivity index (χ4v) is 2.86. The number of allylic oxidation sites excluding steroid dienone is 5. The largest absolute Gasteiger partial charge is 0.311 e. The average molecular weight is 372 g/mol. The highest BCUT2D eigenvalue weighted by molar-refractivity contribution is 6.19. The van der Waals surface area contributed by atoms with Crippen LogP contribution in [0.15, 0.2) is 53.0 Å². The smallest absolute Gasteiger partial charge is 0.251 e. The van der Waals surface area contributed by atoms with E-state index in [0.29, 0.717) is 29.0 Å². The van der Waals surface area contributed by atoms with E-state index in [1.807, 2.05) is 13.0 Å². The summed E-state index contributed by atoms with van der Waals surface area (Å²) in [5, 5.41) is 8.31. The van der Waals surface area contributed by atoms with Crippen molar-refractivity contribution >= 4 is 11.6 Å². The maximum absolute atomic E-state index is 11.6. The van der Waals surface area contributed by atoms with Crippen molar-refractivity contribution in [3.05, 3.63) is 64.4 Å². The third-order valence-electron chi connectivity index (χ3n) is 4.42. The van der Waals surface area contributed by atoms with Crippen LogP contribution in [0.5, 0.6) is 0 Å². The predicted molar refractivity (Wildman–Crippen MR) is 103 cm³/mol. The van der Waals surface area contributed by atoms with Gasteiger partial charge < -0.3 is 4.98 Å². The maximum atomic E-state index is 11.6. The molecule has 1 aliphatic carbocycles. The van der Waals surface area contributed by atoms with Gasteiger partial charge in [0.05, 0.1) is 17.9 Å². The molecular weight excluding hydrogens is 350 g/mol. The second kappa shape index (κ2) is 7.83. The molecule has 0 aliphatic heterocycles. The van der Waals surface area contributed by atoms with E-state index in [-0.39, 0.29) is 11.6 Å². The number of alkyl halides is 1. The molecule has 3 rings (SSSR count). The number of rotatable bonds is 7. The highest BCUT2D eigenvalue weighted by Crippen LogP contribution is 2.37. The number of H-pyrrole nitrogens is 1. The van der Waals surface area contributed by atoms with Gasteiger partial charge in [0.2, 0.25) is 0 Å². The van der Waals surface area contributed by atoms with Gasteiger partial charge in [-0.2, -0.15) is 0 Å². The SMILES string of the molecule is C=C(/C=C\C(=C/CCl)C1CC1)C(C)n1cc(-c2cc(=O)[nH]c(C)n2)nn1. The zero-order valence-electron chi connectivity index (χ0n) is 14.9. The Labute approximate surface area is 157 Å². The highest BCUT2D eigenvalue weighted by Gasteiger charge is 2.24. The van der Waals surface area contributed by atoms with Crippen molar-refractivity contribution in [1.29, 1.82) is 0 Å². The fourth-order valence-electron chi connectivity index (χ4n) is 2.68. The zero-order chi connectivity index (χ0) is 18.7. The Hall–Kier alpha value is -2.47. The fraction of sp³-hybridized carbons (Fsp3) is 0.368. The molecule has 1 fully saturated rings. The summed E-state index contributed by atoms with van der Waals surface area (Å²) >= 11 is 5.84. The van der Waals surface area contributed by atoms with Crippen LogP contribution < -0.4 is 5.56 Å². The first-order valence-corrected chi connectivity index (χ1v) is 9.14. The van der Waals surface area contributed by atoms with E-state index in [1.165, 1.54) is 24.5 Å². The molecule has 0 amide bonds. The summed E-state index contributed by atoms with van der Waals surface area (Å²) in [6.45, 7) is 7.88. The minimum Gasteiger partial charge on any atom is -0.311 e. The van der Waals surface area contributed by atoms with Crippen LogP contribution in [0.25, 0.3) is 11.4 Å². The van der Waals surface area contributed by atoms with Crippen molar-refractivity contribution in [2.75, 3.05) is 5.88 Å². The lowest BCUT2D eigenvalue weighted by Crippen LogP contribution is -2.08. The Morgan fingerprint density at radius 3 is 2.88 bits per heavy atom. The molecule has 0 saturated heterocycles. The molecule has 2 heterocycles. The lowest BCUT2D eigenvalue weighted by Gasteiger charge is -2.11. The number of aromatic nitrogens is 5.